The third kappa shape index (κ3) is 4.45. The Bertz CT molecular complexity index is 303. The average molecular weight is 235 g/mol. The summed E-state index contributed by atoms with van der Waals surface area (Å²) in [5.74, 6) is 0. The second-order valence-corrected chi connectivity index (χ2v) is 4.35. The van der Waals surface area contributed by atoms with E-state index in [0.29, 0.717) is 6.54 Å². The van der Waals surface area contributed by atoms with Crippen LogP contribution in [-0.2, 0) is 11.3 Å². The molecule has 0 spiro atoms. The van der Waals surface area contributed by atoms with Crippen molar-refractivity contribution in [2.24, 2.45) is 5.73 Å². The van der Waals surface area contributed by atoms with Crippen LogP contribution in [0.4, 0.5) is 4.79 Å². The summed E-state index contributed by atoms with van der Waals surface area (Å²) in [7, 11) is 0. The first kappa shape index (κ1) is 11.3. The summed E-state index contributed by atoms with van der Waals surface area (Å²) in [6, 6.07) is 3.80. The maximum atomic E-state index is 10.2. The standard InChI is InChI=1S/C8H11ClN2O2S/c9-7-2-1-6(14-7)5-11-3-4-13-8(10)12/h1-2,11H,3-5H2,(H2,10,12). The SMILES string of the molecule is NC(=O)OCCNCc1ccc(Cl)s1. The van der Waals surface area contributed by atoms with E-state index in [1.165, 1.54) is 11.3 Å². The molecule has 0 atom stereocenters. The van der Waals surface area contributed by atoms with Gasteiger partial charge in [-0.2, -0.15) is 0 Å². The number of hydrogen-bond donors (Lipinski definition) is 2. The normalized spacial score (nSPS) is 10.1. The number of thiophene rings is 1. The molecule has 0 aromatic carbocycles. The molecular weight excluding hydrogens is 224 g/mol. The highest BCUT2D eigenvalue weighted by molar-refractivity contribution is 7.16. The molecule has 1 amide bonds. The third-order valence-electron chi connectivity index (χ3n) is 1.45. The van der Waals surface area contributed by atoms with E-state index in [2.05, 4.69) is 10.1 Å². The van der Waals surface area contributed by atoms with E-state index in [9.17, 15) is 4.79 Å². The van der Waals surface area contributed by atoms with Crippen LogP contribution in [0.3, 0.4) is 0 Å². The minimum Gasteiger partial charge on any atom is -0.448 e. The molecule has 0 saturated carbocycles. The first-order chi connectivity index (χ1) is 6.68. The summed E-state index contributed by atoms with van der Waals surface area (Å²) in [4.78, 5) is 11.3. The summed E-state index contributed by atoms with van der Waals surface area (Å²) < 4.78 is 5.31. The minimum absolute atomic E-state index is 0.286. The Hall–Kier alpha value is -0.780. The van der Waals surface area contributed by atoms with Crippen molar-refractivity contribution in [3.8, 4) is 0 Å². The zero-order valence-corrected chi connectivity index (χ0v) is 9.03. The van der Waals surface area contributed by atoms with Crippen molar-refractivity contribution in [3.63, 3.8) is 0 Å². The molecule has 6 heteroatoms. The van der Waals surface area contributed by atoms with Gasteiger partial charge in [-0.3, -0.25) is 0 Å². The second-order valence-electron chi connectivity index (χ2n) is 2.55. The molecule has 0 aliphatic heterocycles. The maximum Gasteiger partial charge on any atom is 0.404 e. The maximum absolute atomic E-state index is 10.2. The van der Waals surface area contributed by atoms with Crippen LogP contribution in [0.15, 0.2) is 12.1 Å². The van der Waals surface area contributed by atoms with Gasteiger partial charge in [-0.1, -0.05) is 11.6 Å². The van der Waals surface area contributed by atoms with Crippen LogP contribution in [0.1, 0.15) is 4.88 Å². The van der Waals surface area contributed by atoms with Crippen molar-refractivity contribution < 1.29 is 9.53 Å². The monoisotopic (exact) mass is 234 g/mol. The zero-order valence-electron chi connectivity index (χ0n) is 7.46. The molecule has 3 N–H and O–H groups in total. The molecule has 0 radical (unpaired) electrons. The Morgan fingerprint density at radius 3 is 3.00 bits per heavy atom. The Labute approximate surface area is 91.0 Å². The van der Waals surface area contributed by atoms with Gasteiger partial charge in [-0.05, 0) is 12.1 Å². The lowest BCUT2D eigenvalue weighted by Crippen LogP contribution is -2.22. The second kappa shape index (κ2) is 5.85. The highest BCUT2D eigenvalue weighted by Crippen LogP contribution is 2.20. The summed E-state index contributed by atoms with van der Waals surface area (Å²) in [5.41, 5.74) is 4.78. The van der Waals surface area contributed by atoms with Crippen molar-refractivity contribution in [1.29, 1.82) is 0 Å². The van der Waals surface area contributed by atoms with Crippen molar-refractivity contribution in [3.05, 3.63) is 21.3 Å². The number of halogens is 1. The fourth-order valence-corrected chi connectivity index (χ4v) is 1.94. The number of primary amides is 1. The molecule has 1 aromatic rings. The molecule has 1 rings (SSSR count). The topological polar surface area (TPSA) is 64.4 Å². The van der Waals surface area contributed by atoms with Gasteiger partial charge in [-0.25, -0.2) is 4.79 Å². The summed E-state index contributed by atoms with van der Waals surface area (Å²) in [6.45, 7) is 1.59. The largest absolute Gasteiger partial charge is 0.448 e. The van der Waals surface area contributed by atoms with E-state index < -0.39 is 6.09 Å². The van der Waals surface area contributed by atoms with Gasteiger partial charge in [0.15, 0.2) is 0 Å². The number of carbonyl (C=O) groups excluding carboxylic acids is 1. The van der Waals surface area contributed by atoms with E-state index in [4.69, 9.17) is 17.3 Å². The van der Waals surface area contributed by atoms with Gasteiger partial charge < -0.3 is 15.8 Å². The quantitative estimate of drug-likeness (QED) is 0.761. The third-order valence-corrected chi connectivity index (χ3v) is 2.68. The van der Waals surface area contributed by atoms with Gasteiger partial charge in [0, 0.05) is 18.0 Å². The fraction of sp³-hybridized carbons (Fsp3) is 0.375. The van der Waals surface area contributed by atoms with Gasteiger partial charge in [0.1, 0.15) is 6.61 Å². The molecule has 0 unspecified atom stereocenters. The molecule has 4 nitrogen and oxygen atoms in total. The number of amides is 1. The summed E-state index contributed by atoms with van der Waals surface area (Å²) >= 11 is 7.27. The number of hydrogen-bond acceptors (Lipinski definition) is 4. The summed E-state index contributed by atoms with van der Waals surface area (Å²) in [6.07, 6.45) is -0.744. The molecule has 0 aliphatic rings. The molecule has 78 valence electrons. The van der Waals surface area contributed by atoms with Gasteiger partial charge in [-0.15, -0.1) is 11.3 Å². The number of rotatable bonds is 5. The number of ether oxygens (including phenoxy) is 1. The predicted molar refractivity (Wildman–Crippen MR) is 56.6 cm³/mol. The molecular formula is C8H11ClN2O2S. The van der Waals surface area contributed by atoms with Crippen LogP contribution >= 0.6 is 22.9 Å². The molecule has 1 aromatic heterocycles. The number of nitrogens with two attached hydrogens (primary N) is 1. The Morgan fingerprint density at radius 2 is 2.43 bits per heavy atom. The molecule has 0 saturated heterocycles. The average Bonchev–Trinajstić information content (AvgIpc) is 2.50. The van der Waals surface area contributed by atoms with E-state index >= 15 is 0 Å². The zero-order chi connectivity index (χ0) is 10.4. The predicted octanol–water partition coefficient (Wildman–Crippen LogP) is 1.59. The van der Waals surface area contributed by atoms with E-state index in [-0.39, 0.29) is 6.61 Å². The fourth-order valence-electron chi connectivity index (χ4n) is 0.882. The van der Waals surface area contributed by atoms with Gasteiger partial charge in [0.2, 0.25) is 0 Å². The van der Waals surface area contributed by atoms with Crippen molar-refractivity contribution in [2.45, 2.75) is 6.54 Å². The van der Waals surface area contributed by atoms with E-state index in [1.54, 1.807) is 0 Å². The van der Waals surface area contributed by atoms with Crippen molar-refractivity contribution in [2.75, 3.05) is 13.2 Å². The van der Waals surface area contributed by atoms with Crippen LogP contribution < -0.4 is 11.1 Å². The highest BCUT2D eigenvalue weighted by atomic mass is 35.5. The molecule has 1 heterocycles. The number of nitrogens with one attached hydrogen (secondary N) is 1. The lowest BCUT2D eigenvalue weighted by Gasteiger charge is -2.02. The van der Waals surface area contributed by atoms with Crippen LogP contribution in [0.25, 0.3) is 0 Å². The number of carbonyl (C=O) groups is 1. The van der Waals surface area contributed by atoms with Crippen molar-refractivity contribution in [1.82, 2.24) is 5.32 Å². The minimum atomic E-state index is -0.744. The Kier molecular flexibility index (Phi) is 4.72. The van der Waals surface area contributed by atoms with Crippen LogP contribution in [0.2, 0.25) is 4.34 Å². The lowest BCUT2D eigenvalue weighted by molar-refractivity contribution is 0.157. The van der Waals surface area contributed by atoms with Crippen LogP contribution in [0, 0.1) is 0 Å². The summed E-state index contributed by atoms with van der Waals surface area (Å²) in [5, 5.41) is 3.09. The van der Waals surface area contributed by atoms with Gasteiger partial charge >= 0.3 is 6.09 Å². The van der Waals surface area contributed by atoms with Gasteiger partial charge in [0.25, 0.3) is 0 Å². The first-order valence-corrected chi connectivity index (χ1v) is 5.25. The smallest absolute Gasteiger partial charge is 0.404 e. The van der Waals surface area contributed by atoms with Crippen LogP contribution in [-0.4, -0.2) is 19.2 Å². The Balaban J connectivity index is 2.07. The molecule has 0 aliphatic carbocycles. The van der Waals surface area contributed by atoms with E-state index in [1.807, 2.05) is 12.1 Å². The van der Waals surface area contributed by atoms with Crippen LogP contribution in [0.5, 0.6) is 0 Å². The first-order valence-electron chi connectivity index (χ1n) is 4.05. The van der Waals surface area contributed by atoms with Crippen molar-refractivity contribution >= 4 is 29.0 Å². The molecule has 0 bridgehead atoms. The molecule has 0 fully saturated rings. The Morgan fingerprint density at radius 1 is 1.64 bits per heavy atom. The van der Waals surface area contributed by atoms with E-state index in [0.717, 1.165) is 15.8 Å². The highest BCUT2D eigenvalue weighted by Gasteiger charge is 1.97. The van der Waals surface area contributed by atoms with Gasteiger partial charge in [0.05, 0.1) is 4.34 Å². The molecule has 14 heavy (non-hydrogen) atoms. The lowest BCUT2D eigenvalue weighted by atomic mass is 10.4.